The SMILES string of the molecule is O=S(=O)(c1ccccc1)C1CCN(S(=O)(=O)c2ccc(C(F)(F)F)cc2)C1. The Morgan fingerprint density at radius 1 is 0.852 bits per heavy atom. The summed E-state index contributed by atoms with van der Waals surface area (Å²) in [6.07, 6.45) is -4.44. The van der Waals surface area contributed by atoms with Crippen LogP contribution in [0.5, 0.6) is 0 Å². The number of nitrogens with zero attached hydrogens (tertiary/aromatic N) is 1. The minimum absolute atomic E-state index is 0.0138. The van der Waals surface area contributed by atoms with Gasteiger partial charge in [0.25, 0.3) is 0 Å². The van der Waals surface area contributed by atoms with E-state index in [9.17, 15) is 30.0 Å². The Labute approximate surface area is 155 Å². The standard InChI is InChI=1S/C17H16F3NO4S2/c18-17(19,20)13-6-8-15(9-7-13)27(24,25)21-11-10-16(12-21)26(22,23)14-4-2-1-3-5-14/h1-9,16H,10-12H2. The van der Waals surface area contributed by atoms with Gasteiger partial charge in [-0.15, -0.1) is 0 Å². The Balaban J connectivity index is 1.82. The fourth-order valence-corrected chi connectivity index (χ4v) is 6.24. The van der Waals surface area contributed by atoms with Crippen molar-refractivity contribution in [3.8, 4) is 0 Å². The second-order valence-electron chi connectivity index (χ2n) is 6.15. The van der Waals surface area contributed by atoms with Gasteiger partial charge >= 0.3 is 6.18 Å². The highest BCUT2D eigenvalue weighted by Crippen LogP contribution is 2.32. The lowest BCUT2D eigenvalue weighted by molar-refractivity contribution is -0.137. The van der Waals surface area contributed by atoms with Crippen LogP contribution >= 0.6 is 0 Å². The summed E-state index contributed by atoms with van der Waals surface area (Å²) in [5, 5.41) is -0.899. The Morgan fingerprint density at radius 3 is 2.00 bits per heavy atom. The number of hydrogen-bond donors (Lipinski definition) is 0. The molecule has 0 aromatic heterocycles. The van der Waals surface area contributed by atoms with Crippen molar-refractivity contribution in [3.63, 3.8) is 0 Å². The number of sulfonamides is 1. The molecule has 0 spiro atoms. The predicted octanol–water partition coefficient (Wildman–Crippen LogP) is 2.94. The van der Waals surface area contributed by atoms with Crippen molar-refractivity contribution in [2.45, 2.75) is 27.6 Å². The van der Waals surface area contributed by atoms with Gasteiger partial charge in [0, 0.05) is 13.1 Å². The highest BCUT2D eigenvalue weighted by Gasteiger charge is 2.39. The predicted molar refractivity (Wildman–Crippen MR) is 92.2 cm³/mol. The zero-order valence-corrected chi connectivity index (χ0v) is 15.6. The van der Waals surface area contributed by atoms with E-state index in [2.05, 4.69) is 0 Å². The van der Waals surface area contributed by atoms with Gasteiger partial charge in [-0.3, -0.25) is 0 Å². The number of hydrogen-bond acceptors (Lipinski definition) is 4. The molecule has 27 heavy (non-hydrogen) atoms. The molecule has 2 aromatic carbocycles. The number of alkyl halides is 3. The zero-order chi connectivity index (χ0) is 19.9. The molecule has 0 amide bonds. The van der Waals surface area contributed by atoms with Crippen molar-refractivity contribution in [2.75, 3.05) is 13.1 Å². The Bertz CT molecular complexity index is 1020. The fraction of sp³-hybridized carbons (Fsp3) is 0.294. The molecular formula is C17H16F3NO4S2. The molecule has 146 valence electrons. The van der Waals surface area contributed by atoms with Gasteiger partial charge in [0.1, 0.15) is 0 Å². The van der Waals surface area contributed by atoms with E-state index in [1.165, 1.54) is 12.1 Å². The summed E-state index contributed by atoms with van der Waals surface area (Å²) in [4.78, 5) is -0.183. The number of halogens is 3. The molecule has 1 unspecified atom stereocenters. The van der Waals surface area contributed by atoms with Crippen molar-refractivity contribution in [1.29, 1.82) is 0 Å². The summed E-state index contributed by atoms with van der Waals surface area (Å²) < 4.78 is 89.5. The first-order valence-corrected chi connectivity index (χ1v) is 11.0. The first kappa shape index (κ1) is 19.8. The van der Waals surface area contributed by atoms with Gasteiger partial charge in [-0.25, -0.2) is 16.8 Å². The topological polar surface area (TPSA) is 71.5 Å². The number of rotatable bonds is 4. The van der Waals surface area contributed by atoms with E-state index < -0.39 is 36.9 Å². The van der Waals surface area contributed by atoms with Crippen LogP contribution in [0.1, 0.15) is 12.0 Å². The highest BCUT2D eigenvalue weighted by atomic mass is 32.2. The van der Waals surface area contributed by atoms with E-state index in [0.29, 0.717) is 12.1 Å². The van der Waals surface area contributed by atoms with Crippen LogP contribution in [0.3, 0.4) is 0 Å². The average molecular weight is 419 g/mol. The minimum atomic E-state index is -4.56. The van der Waals surface area contributed by atoms with Crippen LogP contribution in [0.25, 0.3) is 0 Å². The van der Waals surface area contributed by atoms with E-state index >= 15 is 0 Å². The Hall–Kier alpha value is -1.91. The third-order valence-electron chi connectivity index (χ3n) is 4.44. The van der Waals surface area contributed by atoms with E-state index in [-0.39, 0.29) is 29.3 Å². The van der Waals surface area contributed by atoms with Crippen LogP contribution in [0.15, 0.2) is 64.4 Å². The van der Waals surface area contributed by atoms with Gasteiger partial charge in [-0.1, -0.05) is 18.2 Å². The molecule has 0 N–H and O–H groups in total. The van der Waals surface area contributed by atoms with Gasteiger partial charge in [0.2, 0.25) is 10.0 Å². The molecule has 1 heterocycles. The summed E-state index contributed by atoms with van der Waals surface area (Å²) in [7, 11) is -7.77. The lowest BCUT2D eigenvalue weighted by Gasteiger charge is -2.17. The molecule has 5 nitrogen and oxygen atoms in total. The summed E-state index contributed by atoms with van der Waals surface area (Å²) in [6, 6.07) is 10.9. The Morgan fingerprint density at radius 2 is 1.44 bits per heavy atom. The lowest BCUT2D eigenvalue weighted by atomic mass is 10.2. The maximum atomic E-state index is 12.7. The van der Waals surface area contributed by atoms with Crippen molar-refractivity contribution < 1.29 is 30.0 Å². The van der Waals surface area contributed by atoms with E-state index in [1.54, 1.807) is 18.2 Å². The maximum absolute atomic E-state index is 12.7. The van der Waals surface area contributed by atoms with Crippen molar-refractivity contribution in [3.05, 3.63) is 60.2 Å². The molecule has 1 saturated heterocycles. The lowest BCUT2D eigenvalue weighted by Crippen LogP contribution is -2.32. The highest BCUT2D eigenvalue weighted by molar-refractivity contribution is 7.92. The van der Waals surface area contributed by atoms with E-state index in [1.807, 2.05) is 0 Å². The molecule has 10 heteroatoms. The molecule has 0 saturated carbocycles. The van der Waals surface area contributed by atoms with Crippen molar-refractivity contribution in [2.24, 2.45) is 0 Å². The van der Waals surface area contributed by atoms with Crippen molar-refractivity contribution >= 4 is 19.9 Å². The average Bonchev–Trinajstić information content (AvgIpc) is 3.14. The molecular weight excluding hydrogens is 403 g/mol. The van der Waals surface area contributed by atoms with Crippen LogP contribution in [0.4, 0.5) is 13.2 Å². The van der Waals surface area contributed by atoms with Gasteiger partial charge in [0.05, 0.1) is 20.6 Å². The van der Waals surface area contributed by atoms with Crippen LogP contribution in [-0.4, -0.2) is 39.5 Å². The summed E-state index contributed by atoms with van der Waals surface area (Å²) in [6.45, 7) is -0.249. The second kappa shape index (κ2) is 6.92. The fourth-order valence-electron chi connectivity index (χ4n) is 2.94. The Kier molecular flexibility index (Phi) is 5.08. The molecule has 2 aromatic rings. The third kappa shape index (κ3) is 3.87. The van der Waals surface area contributed by atoms with Crippen LogP contribution < -0.4 is 0 Å². The monoisotopic (exact) mass is 419 g/mol. The summed E-state index contributed by atoms with van der Waals surface area (Å²) in [5.41, 5.74) is -0.951. The van der Waals surface area contributed by atoms with Gasteiger partial charge < -0.3 is 0 Å². The van der Waals surface area contributed by atoms with Gasteiger partial charge in [-0.2, -0.15) is 17.5 Å². The van der Waals surface area contributed by atoms with E-state index in [4.69, 9.17) is 0 Å². The second-order valence-corrected chi connectivity index (χ2v) is 10.3. The summed E-state index contributed by atoms with van der Waals surface area (Å²) >= 11 is 0. The van der Waals surface area contributed by atoms with Crippen LogP contribution in [0, 0.1) is 0 Å². The number of sulfone groups is 1. The molecule has 0 bridgehead atoms. The zero-order valence-electron chi connectivity index (χ0n) is 13.9. The van der Waals surface area contributed by atoms with Crippen molar-refractivity contribution in [1.82, 2.24) is 4.31 Å². The molecule has 1 atom stereocenters. The first-order valence-electron chi connectivity index (χ1n) is 7.99. The molecule has 1 aliphatic heterocycles. The quantitative estimate of drug-likeness (QED) is 0.764. The number of benzene rings is 2. The summed E-state index contributed by atoms with van der Waals surface area (Å²) in [5.74, 6) is 0. The smallest absolute Gasteiger partial charge is 0.223 e. The minimum Gasteiger partial charge on any atom is -0.223 e. The molecule has 0 radical (unpaired) electrons. The largest absolute Gasteiger partial charge is 0.416 e. The first-order chi connectivity index (χ1) is 12.5. The normalized spacial score (nSPS) is 19.3. The maximum Gasteiger partial charge on any atom is 0.416 e. The van der Waals surface area contributed by atoms with Gasteiger partial charge in [-0.05, 0) is 42.8 Å². The molecule has 0 aliphatic carbocycles. The van der Waals surface area contributed by atoms with Crippen LogP contribution in [-0.2, 0) is 26.0 Å². The molecule has 1 aliphatic rings. The third-order valence-corrected chi connectivity index (χ3v) is 8.51. The molecule has 1 fully saturated rings. The van der Waals surface area contributed by atoms with Crippen LogP contribution in [0.2, 0.25) is 0 Å². The molecule has 3 rings (SSSR count). The van der Waals surface area contributed by atoms with E-state index in [0.717, 1.165) is 16.4 Å². The van der Waals surface area contributed by atoms with Gasteiger partial charge in [0.15, 0.2) is 9.84 Å².